The predicted octanol–water partition coefficient (Wildman–Crippen LogP) is 1.77. The fraction of sp³-hybridized carbons (Fsp3) is 0.214. The SMILES string of the molecule is COC(=O)c1c(NC(=O)c2ccc(C)cc2)cnn1C. The summed E-state index contributed by atoms with van der Waals surface area (Å²) in [7, 11) is 2.88. The van der Waals surface area contributed by atoms with Crippen LogP contribution in [-0.4, -0.2) is 28.8 Å². The predicted molar refractivity (Wildman–Crippen MR) is 73.7 cm³/mol. The van der Waals surface area contributed by atoms with Crippen LogP contribution in [0.3, 0.4) is 0 Å². The Hall–Kier alpha value is -2.63. The van der Waals surface area contributed by atoms with Crippen LogP contribution in [0, 0.1) is 6.92 Å². The summed E-state index contributed by atoms with van der Waals surface area (Å²) in [5, 5.41) is 6.61. The molecule has 1 N–H and O–H groups in total. The molecule has 1 aromatic carbocycles. The van der Waals surface area contributed by atoms with Crippen molar-refractivity contribution in [3.05, 3.63) is 47.3 Å². The van der Waals surface area contributed by atoms with E-state index in [2.05, 4.69) is 15.2 Å². The van der Waals surface area contributed by atoms with Crippen LogP contribution in [-0.2, 0) is 11.8 Å². The molecule has 20 heavy (non-hydrogen) atoms. The van der Waals surface area contributed by atoms with Gasteiger partial charge in [0.2, 0.25) is 0 Å². The highest BCUT2D eigenvalue weighted by Crippen LogP contribution is 2.16. The number of aryl methyl sites for hydroxylation is 2. The Kier molecular flexibility index (Phi) is 3.84. The average Bonchev–Trinajstić information content (AvgIpc) is 2.79. The van der Waals surface area contributed by atoms with Gasteiger partial charge in [-0.2, -0.15) is 5.10 Å². The summed E-state index contributed by atoms with van der Waals surface area (Å²) in [6, 6.07) is 7.14. The number of benzene rings is 1. The van der Waals surface area contributed by atoms with E-state index in [1.165, 1.54) is 18.0 Å². The number of ether oxygens (including phenoxy) is 1. The molecule has 2 aromatic rings. The van der Waals surface area contributed by atoms with E-state index >= 15 is 0 Å². The van der Waals surface area contributed by atoms with Crippen LogP contribution < -0.4 is 5.32 Å². The Labute approximate surface area is 116 Å². The van der Waals surface area contributed by atoms with Crippen LogP contribution in [0.2, 0.25) is 0 Å². The molecule has 1 heterocycles. The first kappa shape index (κ1) is 13.8. The van der Waals surface area contributed by atoms with Crippen LogP contribution in [0.15, 0.2) is 30.5 Å². The van der Waals surface area contributed by atoms with Crippen molar-refractivity contribution in [1.29, 1.82) is 0 Å². The summed E-state index contributed by atoms with van der Waals surface area (Å²) in [6.45, 7) is 1.94. The minimum absolute atomic E-state index is 0.202. The second-order valence-electron chi connectivity index (χ2n) is 4.34. The number of hydrogen-bond acceptors (Lipinski definition) is 4. The average molecular weight is 273 g/mol. The molecule has 0 aliphatic carbocycles. The van der Waals surface area contributed by atoms with E-state index in [0.717, 1.165) is 5.56 Å². The van der Waals surface area contributed by atoms with E-state index < -0.39 is 5.97 Å². The molecule has 1 amide bonds. The molecule has 0 atom stereocenters. The number of hydrogen-bond donors (Lipinski definition) is 1. The van der Waals surface area contributed by atoms with Crippen LogP contribution >= 0.6 is 0 Å². The van der Waals surface area contributed by atoms with Crippen molar-refractivity contribution >= 4 is 17.6 Å². The normalized spacial score (nSPS) is 10.2. The smallest absolute Gasteiger partial charge is 0.358 e. The van der Waals surface area contributed by atoms with Gasteiger partial charge >= 0.3 is 5.97 Å². The zero-order valence-corrected chi connectivity index (χ0v) is 11.5. The fourth-order valence-electron chi connectivity index (χ4n) is 1.77. The monoisotopic (exact) mass is 273 g/mol. The summed E-state index contributed by atoms with van der Waals surface area (Å²) in [5.74, 6) is -0.854. The molecule has 0 radical (unpaired) electrons. The highest BCUT2D eigenvalue weighted by molar-refractivity contribution is 6.07. The molecule has 0 unspecified atom stereocenters. The van der Waals surface area contributed by atoms with Crippen LogP contribution in [0.1, 0.15) is 26.4 Å². The minimum atomic E-state index is -0.552. The Balaban J connectivity index is 2.24. The maximum Gasteiger partial charge on any atom is 0.358 e. The molecular formula is C14H15N3O3. The topological polar surface area (TPSA) is 73.2 Å². The molecule has 6 heteroatoms. The Morgan fingerprint density at radius 3 is 2.50 bits per heavy atom. The lowest BCUT2D eigenvalue weighted by atomic mass is 10.1. The Bertz CT molecular complexity index is 644. The number of amides is 1. The van der Waals surface area contributed by atoms with Crippen molar-refractivity contribution in [2.75, 3.05) is 12.4 Å². The fourth-order valence-corrected chi connectivity index (χ4v) is 1.77. The molecule has 0 bridgehead atoms. The lowest BCUT2D eigenvalue weighted by molar-refractivity contribution is 0.0589. The molecule has 0 aliphatic rings. The van der Waals surface area contributed by atoms with E-state index in [1.54, 1.807) is 19.2 Å². The summed E-state index contributed by atoms with van der Waals surface area (Å²) in [4.78, 5) is 23.7. The molecule has 0 aliphatic heterocycles. The van der Waals surface area contributed by atoms with E-state index in [9.17, 15) is 9.59 Å². The first-order valence-electron chi connectivity index (χ1n) is 6.01. The van der Waals surface area contributed by atoms with Gasteiger partial charge in [-0.25, -0.2) is 4.79 Å². The maximum atomic E-state index is 12.1. The molecule has 0 saturated heterocycles. The van der Waals surface area contributed by atoms with E-state index in [1.807, 2.05) is 19.1 Å². The number of carbonyl (C=O) groups excluding carboxylic acids is 2. The quantitative estimate of drug-likeness (QED) is 0.865. The van der Waals surface area contributed by atoms with Gasteiger partial charge in [-0.15, -0.1) is 0 Å². The number of anilines is 1. The van der Waals surface area contributed by atoms with Crippen LogP contribution in [0.25, 0.3) is 0 Å². The van der Waals surface area contributed by atoms with Crippen molar-refractivity contribution in [2.24, 2.45) is 7.05 Å². The number of nitrogens with zero attached hydrogens (tertiary/aromatic N) is 2. The zero-order valence-electron chi connectivity index (χ0n) is 11.5. The number of esters is 1. The molecular weight excluding hydrogens is 258 g/mol. The van der Waals surface area contributed by atoms with Gasteiger partial charge in [0, 0.05) is 12.6 Å². The zero-order chi connectivity index (χ0) is 14.7. The van der Waals surface area contributed by atoms with Crippen LogP contribution in [0.4, 0.5) is 5.69 Å². The first-order valence-corrected chi connectivity index (χ1v) is 6.01. The van der Waals surface area contributed by atoms with Crippen LogP contribution in [0.5, 0.6) is 0 Å². The number of carbonyl (C=O) groups is 2. The number of nitrogens with one attached hydrogen (secondary N) is 1. The van der Waals surface area contributed by atoms with Crippen molar-refractivity contribution in [1.82, 2.24) is 9.78 Å². The summed E-state index contributed by atoms with van der Waals surface area (Å²) in [5.41, 5.74) is 2.10. The molecule has 0 fully saturated rings. The molecule has 2 rings (SSSR count). The number of rotatable bonds is 3. The van der Waals surface area contributed by atoms with E-state index in [-0.39, 0.29) is 11.6 Å². The van der Waals surface area contributed by atoms with Gasteiger partial charge in [-0.1, -0.05) is 17.7 Å². The first-order chi connectivity index (χ1) is 9.52. The highest BCUT2D eigenvalue weighted by Gasteiger charge is 2.19. The maximum absolute atomic E-state index is 12.1. The molecule has 1 aromatic heterocycles. The van der Waals surface area contributed by atoms with Gasteiger partial charge in [-0.3, -0.25) is 9.48 Å². The number of aromatic nitrogens is 2. The van der Waals surface area contributed by atoms with Gasteiger partial charge in [0.25, 0.3) is 5.91 Å². The number of methoxy groups -OCH3 is 1. The lowest BCUT2D eigenvalue weighted by Crippen LogP contribution is -2.16. The second kappa shape index (κ2) is 5.56. The standard InChI is InChI=1S/C14H15N3O3/c1-9-4-6-10(7-5-9)13(18)16-11-8-15-17(2)12(11)14(19)20-3/h4-8H,1-3H3,(H,16,18). The van der Waals surface area contributed by atoms with E-state index in [4.69, 9.17) is 0 Å². The van der Waals surface area contributed by atoms with Gasteiger partial charge in [0.05, 0.1) is 19.0 Å². The molecule has 6 nitrogen and oxygen atoms in total. The van der Waals surface area contributed by atoms with Crippen molar-refractivity contribution in [3.8, 4) is 0 Å². The highest BCUT2D eigenvalue weighted by atomic mass is 16.5. The Morgan fingerprint density at radius 2 is 1.90 bits per heavy atom. The van der Waals surface area contributed by atoms with Crippen molar-refractivity contribution < 1.29 is 14.3 Å². The summed E-state index contributed by atoms with van der Waals surface area (Å²) in [6.07, 6.45) is 1.42. The third-order valence-corrected chi connectivity index (χ3v) is 2.88. The van der Waals surface area contributed by atoms with Crippen molar-refractivity contribution in [2.45, 2.75) is 6.92 Å². The van der Waals surface area contributed by atoms with Gasteiger partial charge < -0.3 is 10.1 Å². The third kappa shape index (κ3) is 2.69. The largest absolute Gasteiger partial charge is 0.464 e. The third-order valence-electron chi connectivity index (χ3n) is 2.88. The van der Waals surface area contributed by atoms with Gasteiger partial charge in [0.15, 0.2) is 5.69 Å². The van der Waals surface area contributed by atoms with E-state index in [0.29, 0.717) is 11.3 Å². The lowest BCUT2D eigenvalue weighted by Gasteiger charge is -2.06. The minimum Gasteiger partial charge on any atom is -0.464 e. The molecule has 0 saturated carbocycles. The summed E-state index contributed by atoms with van der Waals surface area (Å²) < 4.78 is 6.03. The molecule has 0 spiro atoms. The Morgan fingerprint density at radius 1 is 1.25 bits per heavy atom. The second-order valence-corrected chi connectivity index (χ2v) is 4.34. The van der Waals surface area contributed by atoms with Gasteiger partial charge in [-0.05, 0) is 19.1 Å². The molecule has 104 valence electrons. The van der Waals surface area contributed by atoms with Gasteiger partial charge in [0.1, 0.15) is 0 Å². The summed E-state index contributed by atoms with van der Waals surface area (Å²) >= 11 is 0. The van der Waals surface area contributed by atoms with Crippen molar-refractivity contribution in [3.63, 3.8) is 0 Å².